The summed E-state index contributed by atoms with van der Waals surface area (Å²) in [6, 6.07) is 0.235. The summed E-state index contributed by atoms with van der Waals surface area (Å²) in [6.07, 6.45) is 4.88. The number of carbonyl (C=O) groups is 2. The van der Waals surface area contributed by atoms with Gasteiger partial charge >= 0.3 is 0 Å². The first-order valence-corrected chi connectivity index (χ1v) is 7.68. The van der Waals surface area contributed by atoms with Gasteiger partial charge in [0.25, 0.3) is 0 Å². The van der Waals surface area contributed by atoms with Gasteiger partial charge in [0.15, 0.2) is 0 Å². The van der Waals surface area contributed by atoms with Crippen molar-refractivity contribution in [1.82, 2.24) is 4.90 Å². The Morgan fingerprint density at radius 1 is 1.35 bits per heavy atom. The molecule has 0 aromatic carbocycles. The number of likely N-dealkylation sites (tertiary alicyclic amines) is 1. The predicted octanol–water partition coefficient (Wildman–Crippen LogP) is 0.864. The van der Waals surface area contributed by atoms with Gasteiger partial charge in [-0.1, -0.05) is 13.3 Å². The minimum atomic E-state index is -0.557. The van der Waals surface area contributed by atoms with E-state index in [4.69, 9.17) is 11.5 Å². The third-order valence-electron chi connectivity index (χ3n) is 5.23. The van der Waals surface area contributed by atoms with Crippen LogP contribution in [-0.4, -0.2) is 35.8 Å². The van der Waals surface area contributed by atoms with E-state index in [1.165, 1.54) is 0 Å². The van der Waals surface area contributed by atoms with Crippen molar-refractivity contribution < 1.29 is 9.59 Å². The lowest BCUT2D eigenvalue weighted by atomic mass is 9.78. The fourth-order valence-electron chi connectivity index (χ4n) is 3.56. The first kappa shape index (κ1) is 15.3. The second-order valence-electron chi connectivity index (χ2n) is 6.91. The van der Waals surface area contributed by atoms with Crippen LogP contribution in [0.4, 0.5) is 0 Å². The van der Waals surface area contributed by atoms with E-state index in [-0.39, 0.29) is 23.8 Å². The van der Waals surface area contributed by atoms with Crippen molar-refractivity contribution in [3.63, 3.8) is 0 Å². The predicted molar refractivity (Wildman–Crippen MR) is 77.6 cm³/mol. The lowest BCUT2D eigenvalue weighted by Crippen LogP contribution is -2.42. The lowest BCUT2D eigenvalue weighted by Gasteiger charge is -2.33. The molecule has 4 atom stereocenters. The SMILES string of the molecule is CC(C(=O)N1CCC(C)(C(N)=O)C1)C1CCCC(N)C1. The van der Waals surface area contributed by atoms with Crippen LogP contribution in [0.3, 0.4) is 0 Å². The number of nitrogens with zero attached hydrogens (tertiary/aromatic N) is 1. The molecule has 1 aliphatic heterocycles. The summed E-state index contributed by atoms with van der Waals surface area (Å²) in [4.78, 5) is 25.9. The molecule has 0 aromatic rings. The molecule has 0 radical (unpaired) electrons. The van der Waals surface area contributed by atoms with Gasteiger partial charge < -0.3 is 16.4 Å². The van der Waals surface area contributed by atoms with Crippen molar-refractivity contribution in [2.45, 2.75) is 52.0 Å². The zero-order chi connectivity index (χ0) is 14.9. The van der Waals surface area contributed by atoms with Gasteiger partial charge in [-0.05, 0) is 38.5 Å². The highest BCUT2D eigenvalue weighted by atomic mass is 16.2. The Hall–Kier alpha value is -1.10. The molecule has 0 spiro atoms. The number of nitrogens with two attached hydrogens (primary N) is 2. The largest absolute Gasteiger partial charge is 0.369 e. The quantitative estimate of drug-likeness (QED) is 0.804. The molecule has 2 amide bonds. The molecule has 5 heteroatoms. The van der Waals surface area contributed by atoms with Gasteiger partial charge in [0, 0.05) is 25.0 Å². The number of primary amides is 1. The number of amides is 2. The van der Waals surface area contributed by atoms with E-state index in [0.29, 0.717) is 25.4 Å². The molecule has 4 N–H and O–H groups in total. The minimum Gasteiger partial charge on any atom is -0.369 e. The van der Waals surface area contributed by atoms with E-state index in [0.717, 1.165) is 25.7 Å². The highest BCUT2D eigenvalue weighted by Crippen LogP contribution is 2.34. The standard InChI is InChI=1S/C15H27N3O2/c1-10(11-4-3-5-12(16)8-11)13(19)18-7-6-15(2,9-18)14(17)20/h10-12H,3-9,16H2,1-2H3,(H2,17,20). The van der Waals surface area contributed by atoms with Gasteiger partial charge in [0.05, 0.1) is 5.41 Å². The van der Waals surface area contributed by atoms with Crippen molar-refractivity contribution in [1.29, 1.82) is 0 Å². The highest BCUT2D eigenvalue weighted by molar-refractivity contribution is 5.84. The molecular formula is C15H27N3O2. The summed E-state index contributed by atoms with van der Waals surface area (Å²) in [6.45, 7) is 4.96. The molecule has 2 rings (SSSR count). The fraction of sp³-hybridized carbons (Fsp3) is 0.867. The highest BCUT2D eigenvalue weighted by Gasteiger charge is 2.42. The van der Waals surface area contributed by atoms with Crippen LogP contribution >= 0.6 is 0 Å². The average molecular weight is 281 g/mol. The molecule has 2 aliphatic rings. The van der Waals surface area contributed by atoms with Gasteiger partial charge in [-0.3, -0.25) is 9.59 Å². The molecule has 114 valence electrons. The molecule has 1 heterocycles. The Balaban J connectivity index is 1.96. The van der Waals surface area contributed by atoms with Crippen molar-refractivity contribution in [2.24, 2.45) is 28.7 Å². The third-order valence-corrected chi connectivity index (χ3v) is 5.23. The summed E-state index contributed by atoms with van der Waals surface area (Å²) in [7, 11) is 0. The summed E-state index contributed by atoms with van der Waals surface area (Å²) >= 11 is 0. The van der Waals surface area contributed by atoms with Crippen molar-refractivity contribution in [2.75, 3.05) is 13.1 Å². The molecule has 1 aliphatic carbocycles. The lowest BCUT2D eigenvalue weighted by molar-refractivity contribution is -0.137. The van der Waals surface area contributed by atoms with E-state index < -0.39 is 5.41 Å². The van der Waals surface area contributed by atoms with E-state index >= 15 is 0 Å². The smallest absolute Gasteiger partial charge is 0.225 e. The van der Waals surface area contributed by atoms with Crippen LogP contribution in [0.2, 0.25) is 0 Å². The van der Waals surface area contributed by atoms with Crippen LogP contribution in [0, 0.1) is 17.3 Å². The Bertz CT molecular complexity index is 399. The zero-order valence-electron chi connectivity index (χ0n) is 12.6. The second-order valence-corrected chi connectivity index (χ2v) is 6.91. The monoisotopic (exact) mass is 281 g/mol. The van der Waals surface area contributed by atoms with Crippen LogP contribution in [0.5, 0.6) is 0 Å². The van der Waals surface area contributed by atoms with Crippen molar-refractivity contribution in [3.8, 4) is 0 Å². The Labute approximate surface area is 121 Å². The molecule has 5 nitrogen and oxygen atoms in total. The van der Waals surface area contributed by atoms with E-state index in [2.05, 4.69) is 0 Å². The minimum absolute atomic E-state index is 0.00317. The zero-order valence-corrected chi connectivity index (χ0v) is 12.6. The molecule has 1 saturated carbocycles. The van der Waals surface area contributed by atoms with Gasteiger partial charge in [-0.25, -0.2) is 0 Å². The maximum Gasteiger partial charge on any atom is 0.225 e. The maximum absolute atomic E-state index is 12.6. The summed E-state index contributed by atoms with van der Waals surface area (Å²) < 4.78 is 0. The van der Waals surface area contributed by atoms with E-state index in [1.807, 2.05) is 18.7 Å². The first-order valence-electron chi connectivity index (χ1n) is 7.68. The Morgan fingerprint density at radius 3 is 2.60 bits per heavy atom. The third kappa shape index (κ3) is 2.97. The average Bonchev–Trinajstić information content (AvgIpc) is 2.81. The van der Waals surface area contributed by atoms with Crippen molar-refractivity contribution >= 4 is 11.8 Å². The molecule has 0 aromatic heterocycles. The van der Waals surface area contributed by atoms with Gasteiger partial charge in [-0.2, -0.15) is 0 Å². The van der Waals surface area contributed by atoms with E-state index in [9.17, 15) is 9.59 Å². The summed E-state index contributed by atoms with van der Waals surface area (Å²) in [5.74, 6) is 0.234. The molecule has 20 heavy (non-hydrogen) atoms. The van der Waals surface area contributed by atoms with Crippen molar-refractivity contribution in [3.05, 3.63) is 0 Å². The molecule has 0 bridgehead atoms. The van der Waals surface area contributed by atoms with Gasteiger partial charge in [0.2, 0.25) is 11.8 Å². The topological polar surface area (TPSA) is 89.4 Å². The first-order chi connectivity index (χ1) is 9.33. The number of rotatable bonds is 3. The van der Waals surface area contributed by atoms with Crippen LogP contribution in [-0.2, 0) is 9.59 Å². The van der Waals surface area contributed by atoms with Gasteiger partial charge in [0.1, 0.15) is 0 Å². The van der Waals surface area contributed by atoms with Crippen LogP contribution < -0.4 is 11.5 Å². The molecular weight excluding hydrogens is 254 g/mol. The number of hydrogen-bond donors (Lipinski definition) is 2. The van der Waals surface area contributed by atoms with Crippen LogP contribution in [0.1, 0.15) is 46.0 Å². The summed E-state index contributed by atoms with van der Waals surface area (Å²) in [5, 5.41) is 0. The molecule has 4 unspecified atom stereocenters. The second kappa shape index (κ2) is 5.72. The fourth-order valence-corrected chi connectivity index (χ4v) is 3.56. The molecule has 1 saturated heterocycles. The number of hydrogen-bond acceptors (Lipinski definition) is 3. The maximum atomic E-state index is 12.6. The Morgan fingerprint density at radius 2 is 2.05 bits per heavy atom. The van der Waals surface area contributed by atoms with Crippen LogP contribution in [0.15, 0.2) is 0 Å². The normalized spacial score (nSPS) is 35.9. The van der Waals surface area contributed by atoms with E-state index in [1.54, 1.807) is 0 Å². The number of carbonyl (C=O) groups excluding carboxylic acids is 2. The molecule has 2 fully saturated rings. The van der Waals surface area contributed by atoms with Gasteiger partial charge in [-0.15, -0.1) is 0 Å². The Kier molecular flexibility index (Phi) is 4.37. The summed E-state index contributed by atoms with van der Waals surface area (Å²) in [5.41, 5.74) is 10.9. The van der Waals surface area contributed by atoms with Crippen LogP contribution in [0.25, 0.3) is 0 Å².